The van der Waals surface area contributed by atoms with Gasteiger partial charge in [0.2, 0.25) is 0 Å². The van der Waals surface area contributed by atoms with Crippen molar-refractivity contribution in [2.75, 3.05) is 13.2 Å². The number of hydrogen-bond donors (Lipinski definition) is 1. The molecule has 0 radical (unpaired) electrons. The topological polar surface area (TPSA) is 60.6 Å². The van der Waals surface area contributed by atoms with Crippen LogP contribution in [0.1, 0.15) is 53.5 Å². The zero-order valence-electron chi connectivity index (χ0n) is 16.4. The van der Waals surface area contributed by atoms with Crippen molar-refractivity contribution in [1.82, 2.24) is 4.98 Å². The van der Waals surface area contributed by atoms with Crippen molar-refractivity contribution in [2.45, 2.75) is 77.3 Å². The van der Waals surface area contributed by atoms with Crippen molar-refractivity contribution in [3.05, 3.63) is 28.2 Å². The summed E-state index contributed by atoms with van der Waals surface area (Å²) in [6, 6.07) is 1.91. The van der Waals surface area contributed by atoms with Crippen molar-refractivity contribution >= 4 is 8.32 Å². The van der Waals surface area contributed by atoms with Gasteiger partial charge in [-0.15, -0.1) is 0 Å². The molecule has 0 saturated carbocycles. The maximum absolute atomic E-state index is 12.4. The molecule has 6 heteroatoms. The first kappa shape index (κ1) is 20.2. The summed E-state index contributed by atoms with van der Waals surface area (Å²) in [5.41, 5.74) is 2.19. The molecule has 25 heavy (non-hydrogen) atoms. The highest BCUT2D eigenvalue weighted by atomic mass is 28.4. The summed E-state index contributed by atoms with van der Waals surface area (Å²) in [5, 5.41) is 0. The molecule has 1 N–H and O–H groups in total. The van der Waals surface area contributed by atoms with E-state index in [0.29, 0.717) is 35.6 Å². The fraction of sp³-hybridized carbons (Fsp3) is 0.737. The van der Waals surface area contributed by atoms with E-state index in [-0.39, 0.29) is 11.8 Å². The summed E-state index contributed by atoms with van der Waals surface area (Å²) in [7, 11) is -2.14. The zero-order valence-corrected chi connectivity index (χ0v) is 17.4. The number of aryl methyl sites for hydroxylation is 1. The third-order valence-corrected chi connectivity index (χ3v) is 11.3. The molecule has 2 rings (SSSR count). The Morgan fingerprint density at radius 2 is 1.68 bits per heavy atom. The van der Waals surface area contributed by atoms with Gasteiger partial charge < -0.3 is 18.9 Å². The van der Waals surface area contributed by atoms with Gasteiger partial charge in [0.05, 0.1) is 13.2 Å². The van der Waals surface area contributed by atoms with E-state index in [1.54, 1.807) is 6.20 Å². The van der Waals surface area contributed by atoms with Gasteiger partial charge in [-0.1, -0.05) is 41.5 Å². The number of H-pyrrole nitrogens is 1. The van der Waals surface area contributed by atoms with Gasteiger partial charge in [-0.2, -0.15) is 0 Å². The second kappa shape index (κ2) is 8.51. The van der Waals surface area contributed by atoms with Gasteiger partial charge in [0, 0.05) is 12.6 Å². The molecule has 1 aromatic rings. The van der Waals surface area contributed by atoms with Crippen LogP contribution in [0.2, 0.25) is 16.6 Å². The molecule has 1 aliphatic heterocycles. The Labute approximate surface area is 152 Å². The van der Waals surface area contributed by atoms with Gasteiger partial charge in [-0.05, 0) is 34.7 Å². The Morgan fingerprint density at radius 1 is 1.12 bits per heavy atom. The summed E-state index contributed by atoms with van der Waals surface area (Å²) in [5.74, 6) is 0.466. The number of rotatable bonds is 8. The van der Waals surface area contributed by atoms with E-state index in [1.165, 1.54) is 0 Å². The molecule has 0 amide bonds. The average Bonchev–Trinajstić information content (AvgIpc) is 3.05. The van der Waals surface area contributed by atoms with Crippen molar-refractivity contribution in [1.29, 1.82) is 0 Å². The van der Waals surface area contributed by atoms with Crippen LogP contribution in [0, 0.1) is 0 Å². The van der Waals surface area contributed by atoms with Crippen LogP contribution in [-0.4, -0.2) is 32.8 Å². The Kier molecular flexibility index (Phi) is 6.88. The van der Waals surface area contributed by atoms with Crippen molar-refractivity contribution in [2.24, 2.45) is 0 Å². The molecule has 0 unspecified atom stereocenters. The normalized spacial score (nSPS) is 16.4. The average molecular weight is 368 g/mol. The van der Waals surface area contributed by atoms with Gasteiger partial charge >= 0.3 is 0 Å². The minimum Gasteiger partial charge on any atom is -0.539 e. The standard InChI is InChI=1S/C19H33NO4Si/c1-13(2)25(14(3)4,15(5)6)24-17-11-16(12-20-19(17)21)7-8-18-22-9-10-23-18/h11-15,18H,7-10H2,1-6H3,(H,20,21). The van der Waals surface area contributed by atoms with Gasteiger partial charge in [0.1, 0.15) is 0 Å². The highest BCUT2D eigenvalue weighted by Crippen LogP contribution is 2.42. The number of pyridine rings is 1. The van der Waals surface area contributed by atoms with Gasteiger partial charge in [-0.25, -0.2) is 0 Å². The van der Waals surface area contributed by atoms with E-state index in [0.717, 1.165) is 18.4 Å². The molecule has 5 nitrogen and oxygen atoms in total. The predicted octanol–water partition coefficient (Wildman–Crippen LogP) is 4.23. The number of nitrogens with one attached hydrogen (secondary N) is 1. The largest absolute Gasteiger partial charge is 0.539 e. The molecule has 142 valence electrons. The fourth-order valence-corrected chi connectivity index (χ4v) is 9.37. The molecule has 0 atom stereocenters. The summed E-state index contributed by atoms with van der Waals surface area (Å²) >= 11 is 0. The lowest BCUT2D eigenvalue weighted by Gasteiger charge is -2.41. The van der Waals surface area contributed by atoms with Gasteiger partial charge in [0.15, 0.2) is 12.0 Å². The number of aromatic nitrogens is 1. The fourth-order valence-electron chi connectivity index (χ4n) is 4.13. The monoisotopic (exact) mass is 367 g/mol. The summed E-state index contributed by atoms with van der Waals surface area (Å²) in [4.78, 5) is 15.2. The molecule has 1 aliphatic rings. The molecule has 1 saturated heterocycles. The van der Waals surface area contributed by atoms with E-state index < -0.39 is 8.32 Å². The van der Waals surface area contributed by atoms with E-state index in [4.69, 9.17) is 13.9 Å². The van der Waals surface area contributed by atoms with Crippen LogP contribution in [-0.2, 0) is 15.9 Å². The molecule has 2 heterocycles. The van der Waals surface area contributed by atoms with Crippen LogP contribution in [0.25, 0.3) is 0 Å². The first-order chi connectivity index (χ1) is 11.8. The Balaban J connectivity index is 2.21. The van der Waals surface area contributed by atoms with Crippen molar-refractivity contribution in [3.8, 4) is 5.75 Å². The summed E-state index contributed by atoms with van der Waals surface area (Å²) in [6.45, 7) is 14.7. The molecule has 0 spiro atoms. The van der Waals surface area contributed by atoms with Crippen LogP contribution in [0.5, 0.6) is 5.75 Å². The summed E-state index contributed by atoms with van der Waals surface area (Å²) in [6.07, 6.45) is 3.21. The Bertz CT molecular complexity index is 584. The minimum absolute atomic E-state index is 0.133. The molecule has 1 fully saturated rings. The smallest absolute Gasteiger partial charge is 0.288 e. The number of aromatic amines is 1. The minimum atomic E-state index is -2.14. The van der Waals surface area contributed by atoms with Crippen LogP contribution >= 0.6 is 0 Å². The second-order valence-corrected chi connectivity index (χ2v) is 13.2. The maximum Gasteiger partial charge on any atom is 0.288 e. The Hall–Kier alpha value is -1.11. The molecule has 1 aromatic heterocycles. The van der Waals surface area contributed by atoms with Crippen molar-refractivity contribution < 1.29 is 13.9 Å². The highest BCUT2D eigenvalue weighted by molar-refractivity contribution is 6.78. The van der Waals surface area contributed by atoms with E-state index >= 15 is 0 Å². The first-order valence-corrected chi connectivity index (χ1v) is 11.5. The second-order valence-electron chi connectivity index (χ2n) is 7.83. The molecule has 0 aliphatic carbocycles. The lowest BCUT2D eigenvalue weighted by molar-refractivity contribution is -0.0462. The van der Waals surface area contributed by atoms with Crippen LogP contribution in [0.15, 0.2) is 17.1 Å². The van der Waals surface area contributed by atoms with E-state index in [2.05, 4.69) is 46.5 Å². The quantitative estimate of drug-likeness (QED) is 0.698. The molecule has 0 bridgehead atoms. The first-order valence-electron chi connectivity index (χ1n) is 9.41. The molecular weight excluding hydrogens is 334 g/mol. The third-order valence-electron chi connectivity index (χ3n) is 5.28. The Morgan fingerprint density at radius 3 is 2.20 bits per heavy atom. The van der Waals surface area contributed by atoms with Gasteiger partial charge in [-0.3, -0.25) is 4.79 Å². The van der Waals surface area contributed by atoms with E-state index in [9.17, 15) is 4.79 Å². The van der Waals surface area contributed by atoms with Crippen molar-refractivity contribution in [3.63, 3.8) is 0 Å². The highest BCUT2D eigenvalue weighted by Gasteiger charge is 2.47. The lowest BCUT2D eigenvalue weighted by atomic mass is 10.1. The summed E-state index contributed by atoms with van der Waals surface area (Å²) < 4.78 is 17.5. The zero-order chi connectivity index (χ0) is 18.6. The number of ether oxygens (including phenoxy) is 2. The maximum atomic E-state index is 12.4. The van der Waals surface area contributed by atoms with E-state index in [1.807, 2.05) is 6.07 Å². The van der Waals surface area contributed by atoms with Crippen LogP contribution in [0.3, 0.4) is 0 Å². The van der Waals surface area contributed by atoms with Crippen LogP contribution in [0.4, 0.5) is 0 Å². The SMILES string of the molecule is CC(C)[Si](Oc1cc(CCC2OCCO2)c[nH]c1=O)(C(C)C)C(C)C. The molecule has 0 aromatic carbocycles. The predicted molar refractivity (Wildman–Crippen MR) is 103 cm³/mol. The third kappa shape index (κ3) is 4.54. The van der Waals surface area contributed by atoms with Gasteiger partial charge in [0.25, 0.3) is 13.9 Å². The van der Waals surface area contributed by atoms with Crippen LogP contribution < -0.4 is 9.99 Å². The molecular formula is C19H33NO4Si. The lowest BCUT2D eigenvalue weighted by Crippen LogP contribution is -2.51. The number of hydrogen-bond acceptors (Lipinski definition) is 4.